The van der Waals surface area contributed by atoms with Crippen LogP contribution >= 0.6 is 0 Å². The van der Waals surface area contributed by atoms with E-state index in [1.807, 2.05) is 23.1 Å². The van der Waals surface area contributed by atoms with E-state index in [9.17, 15) is 13.2 Å². The summed E-state index contributed by atoms with van der Waals surface area (Å²) in [5.74, 6) is 0.555. The van der Waals surface area contributed by atoms with Crippen LogP contribution in [0.5, 0.6) is 0 Å². The zero-order valence-electron chi connectivity index (χ0n) is 17.2. The van der Waals surface area contributed by atoms with Crippen LogP contribution in [-0.2, 0) is 12.6 Å². The average Bonchev–Trinajstić information content (AvgIpc) is 3.30. The minimum absolute atomic E-state index is 0.130. The number of fused-ring (bicyclic) bond motifs is 1. The van der Waals surface area contributed by atoms with E-state index >= 15 is 0 Å². The molecule has 0 bridgehead atoms. The van der Waals surface area contributed by atoms with Crippen molar-refractivity contribution in [2.75, 3.05) is 31.1 Å². The molecule has 0 amide bonds. The molecule has 166 valence electrons. The van der Waals surface area contributed by atoms with E-state index in [0.717, 1.165) is 34.9 Å². The Labute approximate surface area is 183 Å². The maximum absolute atomic E-state index is 12.8. The van der Waals surface area contributed by atoms with Gasteiger partial charge in [0.25, 0.3) is 0 Å². The third-order valence-electron chi connectivity index (χ3n) is 5.83. The standard InChI is InChI=1S/C22H22F3N7/c23-22(24,25)16-6-7-18(26-13-16)31-8-10-32(11-9-31)21-20-19(27-14-28-20)17(29-30-21)12-15-4-2-1-3-5-15/h1-7,13-14,21,30H,8-12H2,(H,27,28). The Balaban J connectivity index is 1.25. The number of benzene rings is 1. The van der Waals surface area contributed by atoms with Gasteiger partial charge in [-0.3, -0.25) is 10.3 Å². The van der Waals surface area contributed by atoms with Gasteiger partial charge in [-0.1, -0.05) is 30.3 Å². The highest BCUT2D eigenvalue weighted by Gasteiger charge is 2.33. The summed E-state index contributed by atoms with van der Waals surface area (Å²) >= 11 is 0. The number of aromatic amines is 1. The van der Waals surface area contributed by atoms with E-state index in [4.69, 9.17) is 0 Å². The van der Waals surface area contributed by atoms with E-state index in [1.54, 1.807) is 6.33 Å². The van der Waals surface area contributed by atoms with E-state index in [1.165, 1.54) is 6.07 Å². The molecular formula is C22H22F3N7. The molecule has 7 nitrogen and oxygen atoms in total. The van der Waals surface area contributed by atoms with Crippen molar-refractivity contribution in [1.29, 1.82) is 0 Å². The molecular weight excluding hydrogens is 419 g/mol. The molecule has 1 atom stereocenters. The van der Waals surface area contributed by atoms with Crippen LogP contribution < -0.4 is 10.3 Å². The van der Waals surface area contributed by atoms with Gasteiger partial charge in [-0.2, -0.15) is 18.3 Å². The number of imidazole rings is 1. The van der Waals surface area contributed by atoms with Gasteiger partial charge in [0.05, 0.1) is 23.3 Å². The van der Waals surface area contributed by atoms with Crippen molar-refractivity contribution in [3.8, 4) is 0 Å². The Morgan fingerprint density at radius 3 is 2.44 bits per heavy atom. The maximum Gasteiger partial charge on any atom is 0.417 e. The molecule has 2 aliphatic rings. The van der Waals surface area contributed by atoms with Crippen LogP contribution in [-0.4, -0.2) is 51.7 Å². The van der Waals surface area contributed by atoms with Crippen LogP contribution in [0.3, 0.4) is 0 Å². The fourth-order valence-electron chi connectivity index (χ4n) is 4.13. The van der Waals surface area contributed by atoms with Crippen molar-refractivity contribution in [1.82, 2.24) is 25.3 Å². The lowest BCUT2D eigenvalue weighted by Gasteiger charge is -2.40. The predicted molar refractivity (Wildman–Crippen MR) is 114 cm³/mol. The first kappa shape index (κ1) is 20.5. The van der Waals surface area contributed by atoms with Gasteiger partial charge in [-0.15, -0.1) is 0 Å². The molecule has 2 aromatic heterocycles. The lowest BCUT2D eigenvalue weighted by molar-refractivity contribution is -0.137. The van der Waals surface area contributed by atoms with E-state index in [-0.39, 0.29) is 6.17 Å². The molecule has 4 heterocycles. The number of nitrogens with zero attached hydrogens (tertiary/aromatic N) is 5. The average molecular weight is 441 g/mol. The summed E-state index contributed by atoms with van der Waals surface area (Å²) < 4.78 is 38.3. The fraction of sp³-hybridized carbons (Fsp3) is 0.318. The first-order valence-electron chi connectivity index (χ1n) is 10.4. The number of halogens is 3. The number of hydrogen-bond donors (Lipinski definition) is 2. The highest BCUT2D eigenvalue weighted by molar-refractivity contribution is 6.01. The molecule has 3 aromatic rings. The smallest absolute Gasteiger partial charge is 0.354 e. The number of anilines is 1. The summed E-state index contributed by atoms with van der Waals surface area (Å²) in [7, 11) is 0. The van der Waals surface area contributed by atoms with E-state index < -0.39 is 11.7 Å². The summed E-state index contributed by atoms with van der Waals surface area (Å²) in [4.78, 5) is 16.0. The second-order valence-corrected chi connectivity index (χ2v) is 7.84. The molecule has 2 N–H and O–H groups in total. The zero-order valence-corrected chi connectivity index (χ0v) is 17.2. The van der Waals surface area contributed by atoms with Crippen molar-refractivity contribution >= 4 is 11.5 Å². The van der Waals surface area contributed by atoms with Crippen molar-refractivity contribution < 1.29 is 13.2 Å². The Hall–Kier alpha value is -3.40. The Morgan fingerprint density at radius 1 is 0.969 bits per heavy atom. The zero-order chi connectivity index (χ0) is 22.1. The summed E-state index contributed by atoms with van der Waals surface area (Å²) in [6.07, 6.45) is -1.24. The molecule has 2 aliphatic heterocycles. The second kappa shape index (κ2) is 8.27. The number of piperazine rings is 1. The SMILES string of the molecule is FC(F)(F)c1ccc(N2CCN(C3NN=C(Cc4ccccc4)c4nc[nH]c43)CC2)nc1. The first-order valence-corrected chi connectivity index (χ1v) is 10.4. The predicted octanol–water partition coefficient (Wildman–Crippen LogP) is 3.19. The third kappa shape index (κ3) is 4.05. The molecule has 0 aliphatic carbocycles. The summed E-state index contributed by atoms with van der Waals surface area (Å²) in [5, 5.41) is 4.61. The number of H-pyrrole nitrogens is 1. The van der Waals surface area contributed by atoms with Crippen LogP contribution in [0.4, 0.5) is 19.0 Å². The van der Waals surface area contributed by atoms with Crippen LogP contribution in [0, 0.1) is 0 Å². The van der Waals surface area contributed by atoms with Crippen LogP contribution in [0.2, 0.25) is 0 Å². The lowest BCUT2D eigenvalue weighted by atomic mass is 10.0. The fourth-order valence-corrected chi connectivity index (χ4v) is 4.13. The van der Waals surface area contributed by atoms with Gasteiger partial charge in [-0.25, -0.2) is 9.97 Å². The number of pyridine rings is 1. The summed E-state index contributed by atoms with van der Waals surface area (Å²) in [6.45, 7) is 2.73. The lowest BCUT2D eigenvalue weighted by Crippen LogP contribution is -2.51. The minimum atomic E-state index is -4.38. The number of hydrogen-bond acceptors (Lipinski definition) is 6. The van der Waals surface area contributed by atoms with Crippen molar-refractivity contribution in [3.05, 3.63) is 77.5 Å². The van der Waals surface area contributed by atoms with Crippen LogP contribution in [0.25, 0.3) is 0 Å². The first-order chi connectivity index (χ1) is 15.5. The summed E-state index contributed by atoms with van der Waals surface area (Å²) in [6, 6.07) is 12.6. The minimum Gasteiger partial charge on any atom is -0.354 e. The number of hydrazone groups is 1. The van der Waals surface area contributed by atoms with E-state index in [0.29, 0.717) is 38.4 Å². The highest BCUT2D eigenvalue weighted by atomic mass is 19.4. The van der Waals surface area contributed by atoms with Gasteiger partial charge in [0.2, 0.25) is 0 Å². The Morgan fingerprint density at radius 2 is 1.75 bits per heavy atom. The third-order valence-corrected chi connectivity index (χ3v) is 5.83. The van der Waals surface area contributed by atoms with Gasteiger partial charge >= 0.3 is 6.18 Å². The number of rotatable bonds is 4. The molecule has 32 heavy (non-hydrogen) atoms. The quantitative estimate of drug-likeness (QED) is 0.651. The maximum atomic E-state index is 12.8. The molecule has 1 unspecified atom stereocenters. The molecule has 1 saturated heterocycles. The van der Waals surface area contributed by atoms with Gasteiger partial charge in [-0.05, 0) is 17.7 Å². The number of nitrogens with one attached hydrogen (secondary N) is 2. The van der Waals surface area contributed by atoms with Crippen LogP contribution in [0.15, 0.2) is 60.1 Å². The van der Waals surface area contributed by atoms with Gasteiger partial charge in [0.15, 0.2) is 0 Å². The topological polar surface area (TPSA) is 72.4 Å². The van der Waals surface area contributed by atoms with E-state index in [2.05, 4.69) is 42.5 Å². The number of alkyl halides is 3. The Bertz CT molecular complexity index is 1080. The normalized spacial score (nSPS) is 19.3. The molecule has 0 spiro atoms. The van der Waals surface area contributed by atoms with Crippen molar-refractivity contribution in [2.24, 2.45) is 5.10 Å². The molecule has 0 saturated carbocycles. The molecule has 10 heteroatoms. The van der Waals surface area contributed by atoms with Gasteiger partial charge < -0.3 is 9.88 Å². The van der Waals surface area contributed by atoms with Gasteiger partial charge in [0.1, 0.15) is 17.7 Å². The van der Waals surface area contributed by atoms with Gasteiger partial charge in [0, 0.05) is 38.8 Å². The second-order valence-electron chi connectivity index (χ2n) is 7.84. The van der Waals surface area contributed by atoms with Crippen molar-refractivity contribution in [2.45, 2.75) is 18.8 Å². The molecule has 1 aromatic carbocycles. The van der Waals surface area contributed by atoms with Crippen molar-refractivity contribution in [3.63, 3.8) is 0 Å². The Kier molecular flexibility index (Phi) is 5.30. The van der Waals surface area contributed by atoms with Crippen LogP contribution in [0.1, 0.15) is 28.7 Å². The number of aromatic nitrogens is 3. The molecule has 0 radical (unpaired) electrons. The summed E-state index contributed by atoms with van der Waals surface area (Å²) in [5.41, 5.74) is 6.42. The monoisotopic (exact) mass is 441 g/mol. The highest BCUT2D eigenvalue weighted by Crippen LogP contribution is 2.30. The largest absolute Gasteiger partial charge is 0.417 e. The molecule has 5 rings (SSSR count). The molecule has 1 fully saturated rings.